The molecule has 0 aromatic heterocycles. The fourth-order valence-electron chi connectivity index (χ4n) is 2.01. The number of nitrogens with zero attached hydrogens (tertiary/aromatic N) is 1. The first kappa shape index (κ1) is 16.6. The third-order valence-electron chi connectivity index (χ3n) is 3.11. The summed E-state index contributed by atoms with van der Waals surface area (Å²) in [5.74, 6) is -0.385. The van der Waals surface area contributed by atoms with Gasteiger partial charge in [0.2, 0.25) is 5.91 Å². The van der Waals surface area contributed by atoms with Crippen molar-refractivity contribution in [2.75, 3.05) is 17.3 Å². The molecule has 0 aliphatic carbocycles. The zero-order valence-electron chi connectivity index (χ0n) is 12.9. The monoisotopic (exact) mass is 327 g/mol. The number of anilines is 2. The molecule has 2 amide bonds. The normalized spacial score (nSPS) is 9.83. The molecule has 0 saturated heterocycles. The molecular weight excluding hydrogens is 310 g/mol. The number of rotatable bonds is 3. The Bertz CT molecular complexity index is 732. The second-order valence-corrected chi connectivity index (χ2v) is 5.32. The van der Waals surface area contributed by atoms with E-state index >= 15 is 0 Å². The molecular formula is C17H17N3O2S. The Morgan fingerprint density at radius 2 is 1.74 bits per heavy atom. The molecule has 23 heavy (non-hydrogen) atoms. The summed E-state index contributed by atoms with van der Waals surface area (Å²) in [4.78, 5) is 25.1. The van der Waals surface area contributed by atoms with Crippen LogP contribution in [-0.2, 0) is 4.79 Å². The van der Waals surface area contributed by atoms with E-state index in [-0.39, 0.29) is 16.9 Å². The van der Waals surface area contributed by atoms with Crippen LogP contribution in [-0.4, -0.2) is 24.0 Å². The van der Waals surface area contributed by atoms with Crippen molar-refractivity contribution in [2.24, 2.45) is 0 Å². The van der Waals surface area contributed by atoms with Crippen LogP contribution in [0.15, 0.2) is 54.6 Å². The Hall–Kier alpha value is -2.73. The van der Waals surface area contributed by atoms with Crippen molar-refractivity contribution in [1.82, 2.24) is 5.32 Å². The predicted octanol–water partition coefficient (Wildman–Crippen LogP) is 2.80. The Balaban J connectivity index is 2.14. The van der Waals surface area contributed by atoms with Gasteiger partial charge in [0, 0.05) is 30.9 Å². The molecule has 0 fully saturated rings. The molecule has 2 aromatic carbocycles. The van der Waals surface area contributed by atoms with Crippen LogP contribution in [0, 0.1) is 0 Å². The number of amides is 2. The van der Waals surface area contributed by atoms with Gasteiger partial charge in [-0.3, -0.25) is 9.59 Å². The molecule has 0 unspecified atom stereocenters. The molecule has 2 aromatic rings. The van der Waals surface area contributed by atoms with Gasteiger partial charge in [-0.05, 0) is 42.5 Å². The van der Waals surface area contributed by atoms with E-state index in [2.05, 4.69) is 10.6 Å². The predicted molar refractivity (Wildman–Crippen MR) is 95.7 cm³/mol. The van der Waals surface area contributed by atoms with E-state index in [0.29, 0.717) is 11.3 Å². The van der Waals surface area contributed by atoms with Crippen molar-refractivity contribution in [3.05, 3.63) is 60.2 Å². The van der Waals surface area contributed by atoms with Gasteiger partial charge < -0.3 is 15.5 Å². The Kier molecular flexibility index (Phi) is 5.43. The summed E-state index contributed by atoms with van der Waals surface area (Å²) in [6.07, 6.45) is 0. The number of nitrogens with one attached hydrogen (secondary N) is 2. The summed E-state index contributed by atoms with van der Waals surface area (Å²) in [5, 5.41) is 5.54. The number of hydrogen-bond donors (Lipinski definition) is 2. The van der Waals surface area contributed by atoms with Crippen LogP contribution in [0.1, 0.15) is 17.3 Å². The van der Waals surface area contributed by atoms with Crippen LogP contribution < -0.4 is 15.5 Å². The molecule has 0 heterocycles. The number of carbonyl (C=O) groups excluding carboxylic acids is 2. The number of hydrogen-bond acceptors (Lipinski definition) is 3. The molecule has 0 bridgehead atoms. The highest BCUT2D eigenvalue weighted by Crippen LogP contribution is 2.17. The SMILES string of the molecule is CC(=O)NC(=S)Nc1cccc(C(=O)N(C)c2ccccc2)c1. The maximum atomic E-state index is 12.6. The molecule has 0 saturated carbocycles. The highest BCUT2D eigenvalue weighted by Gasteiger charge is 2.13. The van der Waals surface area contributed by atoms with Crippen LogP contribution in [0.2, 0.25) is 0 Å². The maximum absolute atomic E-state index is 12.6. The Morgan fingerprint density at radius 1 is 1.04 bits per heavy atom. The average Bonchev–Trinajstić information content (AvgIpc) is 2.53. The van der Waals surface area contributed by atoms with Crippen molar-refractivity contribution in [3.8, 4) is 0 Å². The number of carbonyl (C=O) groups is 2. The van der Waals surface area contributed by atoms with E-state index in [9.17, 15) is 9.59 Å². The summed E-state index contributed by atoms with van der Waals surface area (Å²) in [6, 6.07) is 16.3. The summed E-state index contributed by atoms with van der Waals surface area (Å²) in [7, 11) is 1.72. The summed E-state index contributed by atoms with van der Waals surface area (Å²) < 4.78 is 0. The van der Waals surface area contributed by atoms with E-state index in [4.69, 9.17) is 12.2 Å². The van der Waals surface area contributed by atoms with E-state index < -0.39 is 0 Å². The first-order chi connectivity index (χ1) is 11.0. The van der Waals surface area contributed by atoms with Crippen LogP contribution in [0.3, 0.4) is 0 Å². The first-order valence-corrected chi connectivity index (χ1v) is 7.40. The summed E-state index contributed by atoms with van der Waals surface area (Å²) >= 11 is 5.01. The van der Waals surface area contributed by atoms with Crippen molar-refractivity contribution < 1.29 is 9.59 Å². The first-order valence-electron chi connectivity index (χ1n) is 6.99. The average molecular weight is 327 g/mol. The zero-order chi connectivity index (χ0) is 16.8. The minimum Gasteiger partial charge on any atom is -0.332 e. The molecule has 0 aliphatic heterocycles. The van der Waals surface area contributed by atoms with Gasteiger partial charge in [0.05, 0.1) is 0 Å². The number of para-hydroxylation sites is 1. The van der Waals surface area contributed by atoms with Gasteiger partial charge >= 0.3 is 0 Å². The molecule has 2 N–H and O–H groups in total. The molecule has 0 radical (unpaired) electrons. The highest BCUT2D eigenvalue weighted by atomic mass is 32.1. The van der Waals surface area contributed by atoms with Gasteiger partial charge in [0.1, 0.15) is 0 Å². The van der Waals surface area contributed by atoms with Gasteiger partial charge in [-0.1, -0.05) is 24.3 Å². The second kappa shape index (κ2) is 7.51. The standard InChI is InChI=1S/C17H17N3O2S/c1-12(21)18-17(23)19-14-8-6-7-13(11-14)16(22)20(2)15-9-4-3-5-10-15/h3-11H,1-2H3,(H2,18,19,21,23). The van der Waals surface area contributed by atoms with E-state index in [1.54, 1.807) is 36.2 Å². The van der Waals surface area contributed by atoms with Gasteiger partial charge in [0.25, 0.3) is 5.91 Å². The van der Waals surface area contributed by atoms with Crippen LogP contribution in [0.5, 0.6) is 0 Å². The molecule has 0 atom stereocenters. The molecule has 0 aliphatic rings. The topological polar surface area (TPSA) is 61.4 Å². The van der Waals surface area contributed by atoms with Crippen LogP contribution in [0.25, 0.3) is 0 Å². The van der Waals surface area contributed by atoms with E-state index in [0.717, 1.165) is 5.69 Å². The minimum atomic E-state index is -0.251. The number of benzene rings is 2. The second-order valence-electron chi connectivity index (χ2n) is 4.92. The molecule has 2 rings (SSSR count). The van der Waals surface area contributed by atoms with Crippen LogP contribution in [0.4, 0.5) is 11.4 Å². The maximum Gasteiger partial charge on any atom is 0.258 e. The van der Waals surface area contributed by atoms with Gasteiger partial charge in [-0.25, -0.2) is 0 Å². The Morgan fingerprint density at radius 3 is 2.39 bits per heavy atom. The smallest absolute Gasteiger partial charge is 0.258 e. The lowest BCUT2D eigenvalue weighted by Crippen LogP contribution is -2.32. The summed E-state index contributed by atoms with van der Waals surface area (Å²) in [6.45, 7) is 1.38. The quantitative estimate of drug-likeness (QED) is 0.851. The van der Waals surface area contributed by atoms with Crippen molar-refractivity contribution >= 4 is 40.5 Å². The van der Waals surface area contributed by atoms with Crippen molar-refractivity contribution in [3.63, 3.8) is 0 Å². The van der Waals surface area contributed by atoms with Gasteiger partial charge in [0.15, 0.2) is 5.11 Å². The summed E-state index contributed by atoms with van der Waals surface area (Å²) in [5.41, 5.74) is 1.97. The Labute approximate surface area is 140 Å². The van der Waals surface area contributed by atoms with E-state index in [1.165, 1.54) is 6.92 Å². The highest BCUT2D eigenvalue weighted by molar-refractivity contribution is 7.80. The molecule has 6 heteroatoms. The fourth-order valence-corrected chi connectivity index (χ4v) is 2.28. The van der Waals surface area contributed by atoms with Crippen molar-refractivity contribution in [1.29, 1.82) is 0 Å². The van der Waals surface area contributed by atoms with Crippen LogP contribution >= 0.6 is 12.2 Å². The van der Waals surface area contributed by atoms with Crippen molar-refractivity contribution in [2.45, 2.75) is 6.92 Å². The lowest BCUT2D eigenvalue weighted by molar-refractivity contribution is -0.117. The minimum absolute atomic E-state index is 0.134. The third-order valence-corrected chi connectivity index (χ3v) is 3.31. The molecule has 0 spiro atoms. The lowest BCUT2D eigenvalue weighted by Gasteiger charge is -2.18. The number of thiocarbonyl (C=S) groups is 1. The zero-order valence-corrected chi connectivity index (χ0v) is 13.7. The molecule has 5 nitrogen and oxygen atoms in total. The third kappa shape index (κ3) is 4.62. The molecule has 118 valence electrons. The fraction of sp³-hybridized carbons (Fsp3) is 0.118. The van der Waals surface area contributed by atoms with Gasteiger partial charge in [-0.2, -0.15) is 0 Å². The largest absolute Gasteiger partial charge is 0.332 e. The van der Waals surface area contributed by atoms with Gasteiger partial charge in [-0.15, -0.1) is 0 Å². The lowest BCUT2D eigenvalue weighted by atomic mass is 10.1. The van der Waals surface area contributed by atoms with E-state index in [1.807, 2.05) is 30.3 Å².